The van der Waals surface area contributed by atoms with E-state index in [0.717, 1.165) is 0 Å². The van der Waals surface area contributed by atoms with Gasteiger partial charge in [0.15, 0.2) is 0 Å². The lowest BCUT2D eigenvalue weighted by molar-refractivity contribution is 1.40. The van der Waals surface area contributed by atoms with Crippen molar-refractivity contribution in [3.63, 3.8) is 0 Å². The molecular formula is C7H4BCl3. The van der Waals surface area contributed by atoms with Crippen LogP contribution in [0.4, 0.5) is 0 Å². The van der Waals surface area contributed by atoms with E-state index in [4.69, 9.17) is 42.6 Å². The van der Waals surface area contributed by atoms with Crippen LogP contribution in [0.5, 0.6) is 0 Å². The normalized spacial score (nSPS) is 10.1. The molecule has 4 heteroatoms. The summed E-state index contributed by atoms with van der Waals surface area (Å²) >= 11 is 17.3. The van der Waals surface area contributed by atoms with Crippen LogP contribution in [0.2, 0.25) is 15.1 Å². The van der Waals surface area contributed by atoms with Gasteiger partial charge in [0.2, 0.25) is 0 Å². The zero-order valence-corrected chi connectivity index (χ0v) is 7.84. The topological polar surface area (TPSA) is 0 Å². The summed E-state index contributed by atoms with van der Waals surface area (Å²) in [5, 5.41) is 1.49. The summed E-state index contributed by atoms with van der Waals surface area (Å²) in [5.41, 5.74) is 0.695. The number of halogens is 3. The Morgan fingerprint density at radius 1 is 1.09 bits per heavy atom. The predicted molar refractivity (Wildman–Crippen MR) is 50.9 cm³/mol. The van der Waals surface area contributed by atoms with E-state index < -0.39 is 0 Å². The van der Waals surface area contributed by atoms with E-state index in [1.165, 1.54) is 0 Å². The van der Waals surface area contributed by atoms with Crippen LogP contribution in [0.15, 0.2) is 12.1 Å². The van der Waals surface area contributed by atoms with Crippen LogP contribution < -0.4 is 0 Å². The lowest BCUT2D eigenvalue weighted by Gasteiger charge is -2.04. The van der Waals surface area contributed by atoms with E-state index >= 15 is 0 Å². The molecule has 0 aliphatic heterocycles. The highest BCUT2D eigenvalue weighted by molar-refractivity contribution is 6.44. The fourth-order valence-electron chi connectivity index (χ4n) is 0.756. The van der Waals surface area contributed by atoms with Crippen LogP contribution in [0, 0.1) is 0 Å². The van der Waals surface area contributed by atoms with E-state index in [-0.39, 0.29) is 0 Å². The Labute approximate surface area is 81.9 Å². The van der Waals surface area contributed by atoms with Crippen molar-refractivity contribution in [1.29, 1.82) is 0 Å². The van der Waals surface area contributed by atoms with Gasteiger partial charge in [-0.05, 0) is 17.7 Å². The molecule has 0 aromatic heterocycles. The van der Waals surface area contributed by atoms with Gasteiger partial charge >= 0.3 is 0 Å². The minimum Gasteiger partial charge on any atom is -0.0840 e. The molecule has 0 unspecified atom stereocenters. The predicted octanol–water partition coefficient (Wildman–Crippen LogP) is 3.32. The van der Waals surface area contributed by atoms with E-state index in [2.05, 4.69) is 0 Å². The minimum atomic E-state index is 0.304. The van der Waals surface area contributed by atoms with Crippen molar-refractivity contribution < 1.29 is 0 Å². The summed E-state index contributed by atoms with van der Waals surface area (Å²) in [6.07, 6.45) is 0.304. The summed E-state index contributed by atoms with van der Waals surface area (Å²) in [5.74, 6) is 0. The van der Waals surface area contributed by atoms with Crippen molar-refractivity contribution in [3.05, 3.63) is 32.8 Å². The summed E-state index contributed by atoms with van der Waals surface area (Å²) in [6.45, 7) is 0. The molecular weight excluding hydrogens is 201 g/mol. The van der Waals surface area contributed by atoms with Crippen LogP contribution in [0.25, 0.3) is 0 Å². The molecule has 1 aromatic carbocycles. The van der Waals surface area contributed by atoms with Crippen molar-refractivity contribution in [2.45, 2.75) is 6.32 Å². The SMILES string of the molecule is [B]Cc1c(Cl)ccc(Cl)c1Cl. The molecule has 11 heavy (non-hydrogen) atoms. The Balaban J connectivity index is 3.29. The second kappa shape index (κ2) is 3.71. The Kier molecular flexibility index (Phi) is 3.11. The van der Waals surface area contributed by atoms with Crippen molar-refractivity contribution in [3.8, 4) is 0 Å². The standard InChI is InChI=1S/C7H4BCl3/c8-3-4-5(9)1-2-6(10)7(4)11/h1-2H,3H2. The molecule has 0 heterocycles. The van der Waals surface area contributed by atoms with Crippen molar-refractivity contribution in [1.82, 2.24) is 0 Å². The third-order valence-electron chi connectivity index (χ3n) is 1.34. The number of hydrogen-bond donors (Lipinski definition) is 0. The molecule has 0 amide bonds. The maximum Gasteiger partial charge on any atom is 0.0718 e. The summed E-state index contributed by atoms with van der Waals surface area (Å²) < 4.78 is 0. The van der Waals surface area contributed by atoms with Crippen molar-refractivity contribution in [2.75, 3.05) is 0 Å². The quantitative estimate of drug-likeness (QED) is 0.487. The highest BCUT2D eigenvalue weighted by Crippen LogP contribution is 2.30. The van der Waals surface area contributed by atoms with E-state index in [1.54, 1.807) is 12.1 Å². The van der Waals surface area contributed by atoms with Gasteiger partial charge < -0.3 is 0 Å². The first-order chi connectivity index (χ1) is 5.16. The number of benzene rings is 1. The van der Waals surface area contributed by atoms with Gasteiger partial charge in [-0.1, -0.05) is 41.1 Å². The van der Waals surface area contributed by atoms with Crippen molar-refractivity contribution in [2.24, 2.45) is 0 Å². The Morgan fingerprint density at radius 3 is 2.09 bits per heavy atom. The van der Waals surface area contributed by atoms with Gasteiger partial charge in [0.25, 0.3) is 0 Å². The maximum absolute atomic E-state index is 5.80. The summed E-state index contributed by atoms with van der Waals surface area (Å²) in [7, 11) is 5.39. The lowest BCUT2D eigenvalue weighted by Crippen LogP contribution is -1.87. The Morgan fingerprint density at radius 2 is 1.64 bits per heavy atom. The third kappa shape index (κ3) is 1.84. The van der Waals surface area contributed by atoms with Gasteiger partial charge in [-0.25, -0.2) is 0 Å². The van der Waals surface area contributed by atoms with Crippen LogP contribution >= 0.6 is 34.8 Å². The molecule has 0 atom stereocenters. The first-order valence-electron chi connectivity index (χ1n) is 2.99. The smallest absolute Gasteiger partial charge is 0.0718 e. The average molecular weight is 205 g/mol. The highest BCUT2D eigenvalue weighted by atomic mass is 35.5. The first-order valence-corrected chi connectivity index (χ1v) is 4.12. The molecule has 0 aliphatic carbocycles. The monoisotopic (exact) mass is 204 g/mol. The Bertz CT molecular complexity index is 273. The molecule has 0 fully saturated rings. The molecule has 1 aromatic rings. The first kappa shape index (κ1) is 9.24. The number of hydrogen-bond acceptors (Lipinski definition) is 0. The van der Waals surface area contributed by atoms with Gasteiger partial charge in [0.05, 0.1) is 17.9 Å². The molecule has 0 N–H and O–H groups in total. The van der Waals surface area contributed by atoms with Gasteiger partial charge in [0, 0.05) is 5.02 Å². The fraction of sp³-hybridized carbons (Fsp3) is 0.143. The van der Waals surface area contributed by atoms with Gasteiger partial charge in [0.1, 0.15) is 0 Å². The van der Waals surface area contributed by atoms with E-state index in [0.29, 0.717) is 27.0 Å². The molecule has 0 nitrogen and oxygen atoms in total. The molecule has 0 aliphatic rings. The Hall–Kier alpha value is 0.155. The van der Waals surface area contributed by atoms with E-state index in [9.17, 15) is 0 Å². The van der Waals surface area contributed by atoms with Crippen LogP contribution in [-0.2, 0) is 6.32 Å². The van der Waals surface area contributed by atoms with Crippen LogP contribution in [0.1, 0.15) is 5.56 Å². The molecule has 0 saturated carbocycles. The summed E-state index contributed by atoms with van der Waals surface area (Å²) in [4.78, 5) is 0. The molecule has 2 radical (unpaired) electrons. The lowest BCUT2D eigenvalue weighted by atomic mass is 9.97. The van der Waals surface area contributed by atoms with Gasteiger partial charge in [-0.15, -0.1) is 0 Å². The zero-order chi connectivity index (χ0) is 8.43. The molecule has 0 bridgehead atoms. The van der Waals surface area contributed by atoms with Gasteiger partial charge in [-0.2, -0.15) is 0 Å². The molecule has 56 valence electrons. The minimum absolute atomic E-state index is 0.304. The fourth-order valence-corrected chi connectivity index (χ4v) is 1.46. The van der Waals surface area contributed by atoms with Gasteiger partial charge in [-0.3, -0.25) is 0 Å². The summed E-state index contributed by atoms with van der Waals surface area (Å²) in [6, 6.07) is 3.32. The molecule has 0 saturated heterocycles. The largest absolute Gasteiger partial charge is 0.0840 e. The van der Waals surface area contributed by atoms with Crippen LogP contribution in [0.3, 0.4) is 0 Å². The average Bonchev–Trinajstić information content (AvgIpc) is 1.99. The highest BCUT2D eigenvalue weighted by Gasteiger charge is 2.06. The zero-order valence-electron chi connectivity index (χ0n) is 5.57. The van der Waals surface area contributed by atoms with E-state index in [1.807, 2.05) is 0 Å². The molecule has 1 rings (SSSR count). The number of rotatable bonds is 1. The second-order valence-corrected chi connectivity index (χ2v) is 3.22. The van der Waals surface area contributed by atoms with Crippen LogP contribution in [-0.4, -0.2) is 7.85 Å². The molecule has 0 spiro atoms. The maximum atomic E-state index is 5.80. The second-order valence-electron chi connectivity index (χ2n) is 2.03. The third-order valence-corrected chi connectivity index (χ3v) is 2.54. The van der Waals surface area contributed by atoms with Crippen molar-refractivity contribution >= 4 is 42.6 Å².